The van der Waals surface area contributed by atoms with Gasteiger partial charge in [-0.1, -0.05) is 56.7 Å². The van der Waals surface area contributed by atoms with E-state index in [9.17, 15) is 4.79 Å². The minimum absolute atomic E-state index is 0.0537. The van der Waals surface area contributed by atoms with Crippen LogP contribution in [-0.2, 0) is 11.3 Å². The van der Waals surface area contributed by atoms with Crippen LogP contribution in [0.5, 0.6) is 5.75 Å². The first-order chi connectivity index (χ1) is 14.5. The first kappa shape index (κ1) is 22.4. The van der Waals surface area contributed by atoms with Crippen LogP contribution >= 0.6 is 11.8 Å². The molecule has 0 bridgehead atoms. The fourth-order valence-electron chi connectivity index (χ4n) is 4.00. The smallest absolute Gasteiger partial charge is 0.233 e. The molecule has 0 saturated heterocycles. The Bertz CT molecular complexity index is 882. The third-order valence-corrected chi connectivity index (χ3v) is 7.14. The molecule has 162 valence electrons. The van der Waals surface area contributed by atoms with E-state index in [4.69, 9.17) is 4.74 Å². The lowest BCUT2D eigenvalue weighted by molar-refractivity contribution is -0.121. The van der Waals surface area contributed by atoms with Crippen molar-refractivity contribution in [1.82, 2.24) is 20.1 Å². The normalized spacial score (nSPS) is 22.3. The molecule has 1 saturated carbocycles. The van der Waals surface area contributed by atoms with E-state index < -0.39 is 0 Å². The van der Waals surface area contributed by atoms with Gasteiger partial charge in [-0.15, -0.1) is 16.8 Å². The maximum absolute atomic E-state index is 12.9. The predicted molar refractivity (Wildman–Crippen MR) is 122 cm³/mol. The Labute approximate surface area is 183 Å². The van der Waals surface area contributed by atoms with E-state index in [-0.39, 0.29) is 17.2 Å². The van der Waals surface area contributed by atoms with Crippen molar-refractivity contribution in [3.8, 4) is 17.1 Å². The number of nitrogens with one attached hydrogen (secondary N) is 1. The molecule has 0 spiro atoms. The molecule has 6 nitrogen and oxygen atoms in total. The number of benzene rings is 1. The van der Waals surface area contributed by atoms with Crippen LogP contribution in [0.2, 0.25) is 0 Å². The highest BCUT2D eigenvalue weighted by Gasteiger charge is 2.30. The number of amides is 1. The maximum atomic E-state index is 12.9. The van der Waals surface area contributed by atoms with Gasteiger partial charge in [-0.2, -0.15) is 0 Å². The maximum Gasteiger partial charge on any atom is 0.233 e. The zero-order valence-electron chi connectivity index (χ0n) is 18.3. The van der Waals surface area contributed by atoms with Crippen LogP contribution < -0.4 is 10.1 Å². The zero-order valence-corrected chi connectivity index (χ0v) is 19.1. The van der Waals surface area contributed by atoms with Gasteiger partial charge in [0.25, 0.3) is 0 Å². The van der Waals surface area contributed by atoms with E-state index in [0.717, 1.165) is 17.7 Å². The van der Waals surface area contributed by atoms with E-state index in [1.54, 1.807) is 7.11 Å². The number of thioether (sulfide) groups is 1. The summed E-state index contributed by atoms with van der Waals surface area (Å²) in [5.41, 5.74) is 0.864. The van der Waals surface area contributed by atoms with Crippen molar-refractivity contribution in [1.29, 1.82) is 0 Å². The lowest BCUT2D eigenvalue weighted by Crippen LogP contribution is -2.46. The number of methoxy groups -OCH3 is 1. The number of ether oxygens (including phenoxy) is 1. The van der Waals surface area contributed by atoms with E-state index in [1.165, 1.54) is 24.6 Å². The van der Waals surface area contributed by atoms with Crippen LogP contribution in [0.4, 0.5) is 0 Å². The lowest BCUT2D eigenvalue weighted by atomic mass is 9.78. The summed E-state index contributed by atoms with van der Waals surface area (Å²) in [5, 5.41) is 12.5. The first-order valence-electron chi connectivity index (χ1n) is 10.6. The molecule has 0 radical (unpaired) electrons. The molecule has 1 fully saturated rings. The summed E-state index contributed by atoms with van der Waals surface area (Å²) in [5.74, 6) is 2.64. The van der Waals surface area contributed by atoms with Crippen molar-refractivity contribution in [3.05, 3.63) is 36.9 Å². The minimum atomic E-state index is -0.271. The topological polar surface area (TPSA) is 69.0 Å². The van der Waals surface area contributed by atoms with Gasteiger partial charge in [0.15, 0.2) is 11.0 Å². The Morgan fingerprint density at radius 3 is 2.87 bits per heavy atom. The highest BCUT2D eigenvalue weighted by atomic mass is 32.2. The molecular weight excluding hydrogens is 396 g/mol. The van der Waals surface area contributed by atoms with E-state index in [2.05, 4.69) is 35.9 Å². The van der Waals surface area contributed by atoms with E-state index in [1.807, 2.05) is 41.8 Å². The van der Waals surface area contributed by atoms with Crippen LogP contribution in [0, 0.1) is 11.8 Å². The third-order valence-electron chi connectivity index (χ3n) is 6.06. The number of allylic oxidation sites excluding steroid dienone is 1. The van der Waals surface area contributed by atoms with Crippen molar-refractivity contribution >= 4 is 17.7 Å². The average Bonchev–Trinajstić information content (AvgIpc) is 3.13. The fourth-order valence-corrected chi connectivity index (χ4v) is 4.86. The van der Waals surface area contributed by atoms with Crippen LogP contribution in [0.3, 0.4) is 0 Å². The van der Waals surface area contributed by atoms with Crippen molar-refractivity contribution in [3.63, 3.8) is 0 Å². The summed E-state index contributed by atoms with van der Waals surface area (Å²) >= 11 is 1.43. The number of carbonyl (C=O) groups excluding carboxylic acids is 1. The third kappa shape index (κ3) is 4.89. The number of carbonyl (C=O) groups is 1. The highest BCUT2D eigenvalue weighted by Crippen LogP contribution is 2.33. The predicted octanol–water partition coefficient (Wildman–Crippen LogP) is 4.56. The van der Waals surface area contributed by atoms with Gasteiger partial charge in [0.1, 0.15) is 5.75 Å². The second kappa shape index (κ2) is 10.2. The highest BCUT2D eigenvalue weighted by molar-refractivity contribution is 8.00. The molecule has 1 N–H and O–H groups in total. The Balaban J connectivity index is 1.76. The molecule has 3 rings (SSSR count). The molecule has 2 aromatic rings. The van der Waals surface area contributed by atoms with Gasteiger partial charge in [-0.3, -0.25) is 9.36 Å². The molecule has 1 aliphatic rings. The lowest BCUT2D eigenvalue weighted by Gasteiger charge is -2.35. The summed E-state index contributed by atoms with van der Waals surface area (Å²) in [6.45, 7) is 10.9. The van der Waals surface area contributed by atoms with E-state index >= 15 is 0 Å². The Hall–Kier alpha value is -2.28. The monoisotopic (exact) mass is 428 g/mol. The molecular formula is C23H32N4O2S. The Morgan fingerprint density at radius 1 is 1.37 bits per heavy atom. The van der Waals surface area contributed by atoms with Crippen molar-refractivity contribution in [2.75, 3.05) is 7.11 Å². The Kier molecular flexibility index (Phi) is 7.58. The van der Waals surface area contributed by atoms with Crippen LogP contribution in [0.25, 0.3) is 11.4 Å². The van der Waals surface area contributed by atoms with Crippen molar-refractivity contribution in [2.45, 2.75) is 63.0 Å². The SMILES string of the molecule is C=CCn1c(S[C@H](C)C(=O)N[C@@H]2CCC[C@H](C)[C@H]2C)nnc1-c1ccccc1OC. The number of aromatic nitrogens is 3. The summed E-state index contributed by atoms with van der Waals surface area (Å²) in [6.07, 6.45) is 5.28. The molecule has 1 aromatic carbocycles. The first-order valence-corrected chi connectivity index (χ1v) is 11.5. The summed E-state index contributed by atoms with van der Waals surface area (Å²) in [6, 6.07) is 7.97. The molecule has 1 aromatic heterocycles. The van der Waals surface area contributed by atoms with Gasteiger partial charge in [-0.05, 0) is 37.3 Å². The molecule has 4 atom stereocenters. The standard InChI is InChI=1S/C23H32N4O2S/c1-6-14-27-21(18-11-7-8-13-20(18)29-5)25-26-23(27)30-17(4)22(28)24-19-12-9-10-15(2)16(19)3/h6-8,11,13,15-17,19H,1,9-10,12,14H2,2-5H3,(H,24,28)/t15-,16+,17+,19+/m0/s1. The number of hydrogen-bond acceptors (Lipinski definition) is 5. The van der Waals surface area contributed by atoms with Crippen LogP contribution in [0.1, 0.15) is 40.0 Å². The number of rotatable bonds is 8. The second-order valence-electron chi connectivity index (χ2n) is 8.05. The average molecular weight is 429 g/mol. The van der Waals surface area contributed by atoms with Gasteiger partial charge in [0.05, 0.1) is 17.9 Å². The molecule has 0 unspecified atom stereocenters. The van der Waals surface area contributed by atoms with Crippen LogP contribution in [-0.4, -0.2) is 39.1 Å². The Morgan fingerprint density at radius 2 is 2.13 bits per heavy atom. The van der Waals surface area contributed by atoms with E-state index in [0.29, 0.717) is 29.4 Å². The molecule has 1 aliphatic carbocycles. The summed E-state index contributed by atoms with van der Waals surface area (Å²) < 4.78 is 7.46. The number of para-hydroxylation sites is 1. The molecule has 0 aliphatic heterocycles. The van der Waals surface area contributed by atoms with Crippen molar-refractivity contribution < 1.29 is 9.53 Å². The second-order valence-corrected chi connectivity index (χ2v) is 9.36. The molecule has 30 heavy (non-hydrogen) atoms. The molecule has 7 heteroatoms. The van der Waals surface area contributed by atoms with Gasteiger partial charge >= 0.3 is 0 Å². The van der Waals surface area contributed by atoms with Gasteiger partial charge in [0, 0.05) is 12.6 Å². The summed E-state index contributed by atoms with van der Waals surface area (Å²) in [4.78, 5) is 12.9. The number of hydrogen-bond donors (Lipinski definition) is 1. The summed E-state index contributed by atoms with van der Waals surface area (Å²) in [7, 11) is 1.64. The van der Waals surface area contributed by atoms with Gasteiger partial charge < -0.3 is 10.1 Å². The van der Waals surface area contributed by atoms with Crippen LogP contribution in [0.15, 0.2) is 42.1 Å². The van der Waals surface area contributed by atoms with Gasteiger partial charge in [-0.25, -0.2) is 0 Å². The van der Waals surface area contributed by atoms with Gasteiger partial charge in [0.2, 0.25) is 5.91 Å². The largest absolute Gasteiger partial charge is 0.496 e. The number of nitrogens with zero attached hydrogens (tertiary/aromatic N) is 3. The molecule has 1 amide bonds. The quantitative estimate of drug-likeness (QED) is 0.493. The molecule has 1 heterocycles. The zero-order chi connectivity index (χ0) is 21.7. The minimum Gasteiger partial charge on any atom is -0.496 e. The fraction of sp³-hybridized carbons (Fsp3) is 0.522. The van der Waals surface area contributed by atoms with Crippen molar-refractivity contribution in [2.24, 2.45) is 11.8 Å².